The van der Waals surface area contributed by atoms with Crippen molar-refractivity contribution < 1.29 is 20.1 Å². The second-order valence-electron chi connectivity index (χ2n) is 9.84. The van der Waals surface area contributed by atoms with E-state index in [4.69, 9.17) is 0 Å². The van der Waals surface area contributed by atoms with Crippen LogP contribution in [0.15, 0.2) is 134 Å². The Morgan fingerprint density at radius 2 is 1.32 bits per heavy atom. The van der Waals surface area contributed by atoms with E-state index >= 15 is 0 Å². The molecule has 2 heterocycles. The molecule has 0 aliphatic carbocycles. The fourth-order valence-corrected chi connectivity index (χ4v) is 4.95. The van der Waals surface area contributed by atoms with Crippen molar-refractivity contribution in [3.8, 4) is 33.6 Å². The summed E-state index contributed by atoms with van der Waals surface area (Å²) in [5, 5.41) is 5.10. The number of aryl methyl sites for hydroxylation is 2. The van der Waals surface area contributed by atoms with Gasteiger partial charge in [0.05, 0.1) is 0 Å². The Morgan fingerprint density at radius 1 is 0.561 bits per heavy atom. The second-order valence-corrected chi connectivity index (χ2v) is 9.84. The molecule has 0 spiro atoms. The SMILES string of the molecule is Cc1ccc(-c2[c-]cccc2)nc1.Cc1cccc(-c2[c-]ccc(-c3cc4ccccc4c4ccccc34)c2)n1.[Ir]. The Kier molecular flexibility index (Phi) is 8.79. The smallest absolute Gasteiger partial charge is 0.0266 e. The summed E-state index contributed by atoms with van der Waals surface area (Å²) in [4.78, 5) is 8.98. The van der Waals surface area contributed by atoms with Gasteiger partial charge in [0.15, 0.2) is 0 Å². The van der Waals surface area contributed by atoms with E-state index in [0.717, 1.165) is 28.2 Å². The predicted molar refractivity (Wildman–Crippen MR) is 167 cm³/mol. The Hall–Kier alpha value is -4.43. The molecule has 201 valence electrons. The third kappa shape index (κ3) is 6.33. The summed E-state index contributed by atoms with van der Waals surface area (Å²) in [6, 6.07) is 50.4. The summed E-state index contributed by atoms with van der Waals surface area (Å²) < 4.78 is 0. The number of fused-ring (bicyclic) bond motifs is 3. The van der Waals surface area contributed by atoms with E-state index in [9.17, 15) is 0 Å². The molecule has 2 aromatic heterocycles. The summed E-state index contributed by atoms with van der Waals surface area (Å²) >= 11 is 0. The molecule has 0 fully saturated rings. The number of hydrogen-bond donors (Lipinski definition) is 0. The van der Waals surface area contributed by atoms with Crippen LogP contribution in [0.4, 0.5) is 0 Å². The standard InChI is InChI=1S/C26H18N.C12H10N.Ir/c1-18-8-6-15-26(27-18)21-11-7-10-19(16-21)25-17-20-9-2-3-12-22(20)23-13-4-5-14-24(23)25;1-10-7-8-12(13-9-10)11-5-3-2-4-6-11;/h2-10,12-17H,1H3;2-5,7-9H,1H3;/q2*-1;. The van der Waals surface area contributed by atoms with Crippen LogP contribution < -0.4 is 0 Å². The minimum absolute atomic E-state index is 0. The Morgan fingerprint density at radius 3 is 2.07 bits per heavy atom. The van der Waals surface area contributed by atoms with Crippen LogP contribution in [0.2, 0.25) is 0 Å². The number of benzene rings is 5. The molecule has 3 heteroatoms. The van der Waals surface area contributed by atoms with E-state index in [2.05, 4.69) is 94.9 Å². The molecule has 0 amide bonds. The maximum absolute atomic E-state index is 4.66. The first-order valence-corrected chi connectivity index (χ1v) is 13.4. The summed E-state index contributed by atoms with van der Waals surface area (Å²) in [6.07, 6.45) is 1.87. The van der Waals surface area contributed by atoms with E-state index < -0.39 is 0 Å². The number of nitrogens with zero attached hydrogens (tertiary/aromatic N) is 2. The number of rotatable bonds is 3. The van der Waals surface area contributed by atoms with Crippen molar-refractivity contribution in [3.63, 3.8) is 0 Å². The second kappa shape index (κ2) is 12.8. The average Bonchev–Trinajstić information content (AvgIpc) is 3.02. The molecule has 0 saturated carbocycles. The van der Waals surface area contributed by atoms with Crippen molar-refractivity contribution in [1.29, 1.82) is 0 Å². The van der Waals surface area contributed by atoms with Crippen LogP contribution in [0.3, 0.4) is 0 Å². The van der Waals surface area contributed by atoms with Gasteiger partial charge in [-0.1, -0.05) is 72.8 Å². The van der Waals surface area contributed by atoms with Gasteiger partial charge in [-0.15, -0.1) is 71.3 Å². The van der Waals surface area contributed by atoms with E-state index in [1.54, 1.807) is 0 Å². The van der Waals surface area contributed by atoms with Gasteiger partial charge in [0, 0.05) is 32.0 Å². The Labute approximate surface area is 255 Å². The van der Waals surface area contributed by atoms with Crippen LogP contribution in [-0.4, -0.2) is 9.97 Å². The normalized spacial score (nSPS) is 10.5. The minimum Gasteiger partial charge on any atom is -0.304 e. The molecule has 0 bridgehead atoms. The molecular weight excluding hydrogens is 677 g/mol. The van der Waals surface area contributed by atoms with Crippen LogP contribution in [0, 0.1) is 26.0 Å². The van der Waals surface area contributed by atoms with Gasteiger partial charge < -0.3 is 9.97 Å². The molecule has 0 saturated heterocycles. The van der Waals surface area contributed by atoms with Gasteiger partial charge in [-0.3, -0.25) is 0 Å². The van der Waals surface area contributed by atoms with Crippen molar-refractivity contribution in [2.75, 3.05) is 0 Å². The van der Waals surface area contributed by atoms with Crippen molar-refractivity contribution in [3.05, 3.63) is 157 Å². The van der Waals surface area contributed by atoms with E-state index in [-0.39, 0.29) is 20.1 Å². The molecule has 1 radical (unpaired) electrons. The van der Waals surface area contributed by atoms with Crippen molar-refractivity contribution in [2.45, 2.75) is 13.8 Å². The first-order chi connectivity index (χ1) is 19.7. The minimum atomic E-state index is 0. The van der Waals surface area contributed by atoms with Gasteiger partial charge in [0.25, 0.3) is 0 Å². The van der Waals surface area contributed by atoms with Gasteiger partial charge in [0.1, 0.15) is 0 Å². The zero-order valence-corrected chi connectivity index (χ0v) is 25.3. The molecule has 41 heavy (non-hydrogen) atoms. The van der Waals surface area contributed by atoms with Gasteiger partial charge >= 0.3 is 0 Å². The monoisotopic (exact) mass is 705 g/mol. The molecular formula is C38H28IrN2-2. The van der Waals surface area contributed by atoms with E-state index in [0.29, 0.717) is 0 Å². The quantitative estimate of drug-likeness (QED) is 0.135. The van der Waals surface area contributed by atoms with Crippen LogP contribution in [0.5, 0.6) is 0 Å². The molecule has 7 rings (SSSR count). The summed E-state index contributed by atoms with van der Waals surface area (Å²) in [6.45, 7) is 4.05. The molecule has 0 N–H and O–H groups in total. The molecule has 0 aliphatic rings. The van der Waals surface area contributed by atoms with Gasteiger partial charge in [-0.05, 0) is 70.0 Å². The molecule has 2 nitrogen and oxygen atoms in total. The van der Waals surface area contributed by atoms with E-state index in [1.807, 2.05) is 74.6 Å². The third-order valence-corrected chi connectivity index (χ3v) is 6.94. The number of pyridine rings is 2. The average molecular weight is 705 g/mol. The van der Waals surface area contributed by atoms with Crippen LogP contribution in [0.25, 0.3) is 55.2 Å². The predicted octanol–water partition coefficient (Wildman–Crippen LogP) is 9.69. The van der Waals surface area contributed by atoms with Gasteiger partial charge in [-0.25, -0.2) is 0 Å². The fraction of sp³-hybridized carbons (Fsp3) is 0.0526. The maximum Gasteiger partial charge on any atom is 0.0266 e. The van der Waals surface area contributed by atoms with Gasteiger partial charge in [-0.2, -0.15) is 0 Å². The number of hydrogen-bond acceptors (Lipinski definition) is 2. The van der Waals surface area contributed by atoms with Crippen LogP contribution in [-0.2, 0) is 20.1 Å². The van der Waals surface area contributed by atoms with Crippen molar-refractivity contribution in [1.82, 2.24) is 9.97 Å². The molecule has 0 aliphatic heterocycles. The summed E-state index contributed by atoms with van der Waals surface area (Å²) in [7, 11) is 0. The molecule has 0 atom stereocenters. The van der Waals surface area contributed by atoms with E-state index in [1.165, 1.54) is 38.2 Å². The largest absolute Gasteiger partial charge is 0.304 e. The molecule has 7 aromatic rings. The Bertz CT molecular complexity index is 1910. The van der Waals surface area contributed by atoms with Crippen LogP contribution >= 0.6 is 0 Å². The third-order valence-electron chi connectivity index (χ3n) is 6.94. The topological polar surface area (TPSA) is 25.8 Å². The zero-order chi connectivity index (χ0) is 27.3. The zero-order valence-electron chi connectivity index (χ0n) is 22.9. The van der Waals surface area contributed by atoms with Crippen LogP contribution in [0.1, 0.15) is 11.3 Å². The maximum atomic E-state index is 4.66. The molecule has 5 aromatic carbocycles. The summed E-state index contributed by atoms with van der Waals surface area (Å²) in [5.74, 6) is 0. The van der Waals surface area contributed by atoms with Gasteiger partial charge in [0.2, 0.25) is 0 Å². The molecule has 0 unspecified atom stereocenters. The van der Waals surface area contributed by atoms with Crippen molar-refractivity contribution in [2.24, 2.45) is 0 Å². The number of aromatic nitrogens is 2. The fourth-order valence-electron chi connectivity index (χ4n) is 4.95. The summed E-state index contributed by atoms with van der Waals surface area (Å²) in [5.41, 5.74) is 8.63. The first kappa shape index (κ1) is 28.1. The Balaban J connectivity index is 0.000000204. The first-order valence-electron chi connectivity index (χ1n) is 13.4. The van der Waals surface area contributed by atoms with Crippen molar-refractivity contribution >= 4 is 21.5 Å².